The van der Waals surface area contributed by atoms with Crippen molar-refractivity contribution in [3.8, 4) is 0 Å². The first-order chi connectivity index (χ1) is 5.69. The quantitative estimate of drug-likeness (QED) is 0.617. The SMILES string of the molecule is CO[C@H]1NC(=O)O[C@@H]1[C@@H](C)CO. The van der Waals surface area contributed by atoms with Crippen LogP contribution in [0.1, 0.15) is 6.92 Å². The fourth-order valence-corrected chi connectivity index (χ4v) is 1.13. The van der Waals surface area contributed by atoms with E-state index in [4.69, 9.17) is 14.6 Å². The lowest BCUT2D eigenvalue weighted by atomic mass is 10.1. The van der Waals surface area contributed by atoms with Gasteiger partial charge in [0.1, 0.15) is 0 Å². The third-order valence-corrected chi connectivity index (χ3v) is 1.90. The minimum Gasteiger partial charge on any atom is -0.441 e. The molecule has 1 amide bonds. The number of hydrogen-bond donors (Lipinski definition) is 2. The summed E-state index contributed by atoms with van der Waals surface area (Å²) in [6.45, 7) is 1.76. The van der Waals surface area contributed by atoms with E-state index in [-0.39, 0.29) is 12.5 Å². The Bertz CT molecular complexity index is 173. The van der Waals surface area contributed by atoms with Gasteiger partial charge in [-0.05, 0) is 0 Å². The molecule has 5 nitrogen and oxygen atoms in total. The summed E-state index contributed by atoms with van der Waals surface area (Å²) in [5.41, 5.74) is 0. The summed E-state index contributed by atoms with van der Waals surface area (Å²) < 4.78 is 9.83. The number of rotatable bonds is 3. The Hall–Kier alpha value is -0.810. The molecule has 5 heteroatoms. The minimum atomic E-state index is -0.493. The molecule has 0 saturated carbocycles. The number of amides is 1. The Labute approximate surface area is 70.7 Å². The molecule has 70 valence electrons. The fraction of sp³-hybridized carbons (Fsp3) is 0.857. The number of aliphatic hydroxyl groups excluding tert-OH is 1. The van der Waals surface area contributed by atoms with Crippen LogP contribution < -0.4 is 5.32 Å². The second-order valence-corrected chi connectivity index (χ2v) is 2.83. The predicted molar refractivity (Wildman–Crippen MR) is 40.5 cm³/mol. The van der Waals surface area contributed by atoms with Crippen molar-refractivity contribution in [3.63, 3.8) is 0 Å². The minimum absolute atomic E-state index is 0.0283. The number of methoxy groups -OCH3 is 1. The molecule has 1 rings (SSSR count). The van der Waals surface area contributed by atoms with Gasteiger partial charge in [-0.15, -0.1) is 0 Å². The first-order valence-corrected chi connectivity index (χ1v) is 3.80. The second-order valence-electron chi connectivity index (χ2n) is 2.83. The molecule has 2 N–H and O–H groups in total. The number of aliphatic hydroxyl groups is 1. The number of carbonyl (C=O) groups excluding carboxylic acids is 1. The fourth-order valence-electron chi connectivity index (χ4n) is 1.13. The summed E-state index contributed by atoms with van der Waals surface area (Å²) in [6, 6.07) is 0. The van der Waals surface area contributed by atoms with Crippen LogP contribution in [0.25, 0.3) is 0 Å². The highest BCUT2D eigenvalue weighted by molar-refractivity contribution is 5.69. The summed E-state index contributed by atoms with van der Waals surface area (Å²) in [7, 11) is 1.48. The maximum atomic E-state index is 10.7. The topological polar surface area (TPSA) is 67.8 Å². The third-order valence-electron chi connectivity index (χ3n) is 1.90. The molecule has 1 aliphatic heterocycles. The third kappa shape index (κ3) is 1.67. The largest absolute Gasteiger partial charge is 0.441 e. The molecule has 1 fully saturated rings. The summed E-state index contributed by atoms with van der Waals surface area (Å²) in [5, 5.41) is 11.3. The van der Waals surface area contributed by atoms with Gasteiger partial charge in [0.25, 0.3) is 0 Å². The van der Waals surface area contributed by atoms with Gasteiger partial charge in [0, 0.05) is 19.6 Å². The van der Waals surface area contributed by atoms with Crippen molar-refractivity contribution < 1.29 is 19.4 Å². The molecule has 0 bridgehead atoms. The number of ether oxygens (including phenoxy) is 2. The lowest BCUT2D eigenvalue weighted by Gasteiger charge is -2.19. The van der Waals surface area contributed by atoms with Crippen LogP contribution in [0.15, 0.2) is 0 Å². The van der Waals surface area contributed by atoms with Gasteiger partial charge in [-0.1, -0.05) is 6.92 Å². The van der Waals surface area contributed by atoms with Crippen molar-refractivity contribution in [3.05, 3.63) is 0 Å². The highest BCUT2D eigenvalue weighted by atomic mass is 16.6. The van der Waals surface area contributed by atoms with E-state index >= 15 is 0 Å². The number of nitrogens with one attached hydrogen (secondary N) is 1. The Morgan fingerprint density at radius 1 is 1.83 bits per heavy atom. The van der Waals surface area contributed by atoms with E-state index in [1.165, 1.54) is 7.11 Å². The van der Waals surface area contributed by atoms with Crippen LogP contribution in [-0.4, -0.2) is 37.2 Å². The zero-order valence-electron chi connectivity index (χ0n) is 7.11. The van der Waals surface area contributed by atoms with Crippen LogP contribution in [-0.2, 0) is 9.47 Å². The van der Waals surface area contributed by atoms with Crippen molar-refractivity contribution in [1.29, 1.82) is 0 Å². The van der Waals surface area contributed by atoms with E-state index in [0.717, 1.165) is 0 Å². The molecule has 0 aliphatic carbocycles. The smallest absolute Gasteiger partial charge is 0.409 e. The summed E-state index contributed by atoms with van der Waals surface area (Å²) in [4.78, 5) is 10.7. The number of hydrogen-bond acceptors (Lipinski definition) is 4. The van der Waals surface area contributed by atoms with Crippen molar-refractivity contribution in [2.24, 2.45) is 5.92 Å². The van der Waals surface area contributed by atoms with Gasteiger partial charge in [-0.2, -0.15) is 0 Å². The molecule has 0 aromatic carbocycles. The van der Waals surface area contributed by atoms with Gasteiger partial charge in [0.2, 0.25) is 0 Å². The zero-order chi connectivity index (χ0) is 9.14. The Balaban J connectivity index is 2.56. The normalized spacial score (nSPS) is 31.1. The van der Waals surface area contributed by atoms with Gasteiger partial charge >= 0.3 is 6.09 Å². The highest BCUT2D eigenvalue weighted by Gasteiger charge is 2.37. The summed E-state index contributed by atoms with van der Waals surface area (Å²) >= 11 is 0. The van der Waals surface area contributed by atoms with Gasteiger partial charge < -0.3 is 14.6 Å². The van der Waals surface area contributed by atoms with E-state index in [1.54, 1.807) is 6.92 Å². The lowest BCUT2D eigenvalue weighted by molar-refractivity contribution is -0.0171. The van der Waals surface area contributed by atoms with Crippen molar-refractivity contribution >= 4 is 6.09 Å². The first kappa shape index (κ1) is 9.28. The molecule has 0 unspecified atom stereocenters. The molecule has 0 spiro atoms. The average Bonchev–Trinajstić information content (AvgIpc) is 2.45. The van der Waals surface area contributed by atoms with E-state index < -0.39 is 18.4 Å². The first-order valence-electron chi connectivity index (χ1n) is 3.80. The number of cyclic esters (lactones) is 1. The summed E-state index contributed by atoms with van der Waals surface area (Å²) in [5.74, 6) is -0.117. The predicted octanol–water partition coefficient (Wildman–Crippen LogP) is -0.304. The average molecular weight is 175 g/mol. The molecule has 0 aromatic heterocycles. The van der Waals surface area contributed by atoms with Crippen molar-refractivity contribution in [2.45, 2.75) is 19.3 Å². The lowest BCUT2D eigenvalue weighted by Crippen LogP contribution is -2.37. The van der Waals surface area contributed by atoms with Gasteiger partial charge in [0.15, 0.2) is 12.3 Å². The van der Waals surface area contributed by atoms with Crippen LogP contribution in [0.2, 0.25) is 0 Å². The van der Waals surface area contributed by atoms with Crippen LogP contribution >= 0.6 is 0 Å². The highest BCUT2D eigenvalue weighted by Crippen LogP contribution is 2.17. The monoisotopic (exact) mass is 175 g/mol. The van der Waals surface area contributed by atoms with E-state index in [9.17, 15) is 4.79 Å². The second kappa shape index (κ2) is 3.73. The van der Waals surface area contributed by atoms with Crippen molar-refractivity contribution in [1.82, 2.24) is 5.32 Å². The van der Waals surface area contributed by atoms with E-state index in [1.807, 2.05) is 0 Å². The molecule has 1 saturated heterocycles. The van der Waals surface area contributed by atoms with E-state index in [2.05, 4.69) is 5.32 Å². The van der Waals surface area contributed by atoms with Gasteiger partial charge in [-0.25, -0.2) is 4.79 Å². The molecule has 0 radical (unpaired) electrons. The molecule has 12 heavy (non-hydrogen) atoms. The molecule has 1 heterocycles. The standard InChI is InChI=1S/C7H13NO4/c1-4(3-9)5-6(11-2)8-7(10)12-5/h4-6,9H,3H2,1-2H3,(H,8,10)/t4-,5+,6+/m0/s1. The maximum absolute atomic E-state index is 10.7. The van der Waals surface area contributed by atoms with E-state index in [0.29, 0.717) is 0 Å². The number of alkyl carbamates (subject to hydrolysis) is 1. The molecular formula is C7H13NO4. The number of carbonyl (C=O) groups is 1. The molecular weight excluding hydrogens is 162 g/mol. The Morgan fingerprint density at radius 3 is 3.00 bits per heavy atom. The summed E-state index contributed by atoms with van der Waals surface area (Å²) in [6.07, 6.45) is -1.33. The zero-order valence-corrected chi connectivity index (χ0v) is 7.11. The molecule has 1 aliphatic rings. The molecule has 3 atom stereocenters. The van der Waals surface area contributed by atoms with Crippen LogP contribution in [0.5, 0.6) is 0 Å². The van der Waals surface area contributed by atoms with Gasteiger partial charge in [0.05, 0.1) is 0 Å². The Morgan fingerprint density at radius 2 is 2.50 bits per heavy atom. The van der Waals surface area contributed by atoms with Crippen LogP contribution in [0.3, 0.4) is 0 Å². The Kier molecular flexibility index (Phi) is 2.88. The van der Waals surface area contributed by atoms with Crippen LogP contribution in [0, 0.1) is 5.92 Å². The maximum Gasteiger partial charge on any atom is 0.409 e. The molecule has 0 aromatic rings. The van der Waals surface area contributed by atoms with Crippen LogP contribution in [0.4, 0.5) is 4.79 Å². The van der Waals surface area contributed by atoms with Gasteiger partial charge in [-0.3, -0.25) is 5.32 Å². The van der Waals surface area contributed by atoms with Crippen molar-refractivity contribution in [2.75, 3.05) is 13.7 Å².